The number of hydrogen-bond donors (Lipinski definition) is 2. The van der Waals surface area contributed by atoms with Crippen molar-refractivity contribution in [1.29, 1.82) is 0 Å². The molecular formula is C12H18N2O3. The average Bonchev–Trinajstić information content (AvgIpc) is 2.30. The first-order chi connectivity index (χ1) is 7.67. The minimum atomic E-state index is -0.536. The molecule has 1 rings (SSSR count). The number of benzene rings is 1. The fourth-order valence-electron chi connectivity index (χ4n) is 1.10. The molecule has 0 unspecified atom stereocenters. The molecule has 0 aliphatic heterocycles. The summed E-state index contributed by atoms with van der Waals surface area (Å²) in [6.45, 7) is 2.43. The molecule has 0 spiro atoms. The highest BCUT2D eigenvalue weighted by Gasteiger charge is 2.05. The highest BCUT2D eigenvalue weighted by atomic mass is 16.5. The molecule has 5 nitrogen and oxygen atoms in total. The maximum absolute atomic E-state index is 11.4. The molecule has 2 N–H and O–H groups in total. The van der Waals surface area contributed by atoms with Gasteiger partial charge in [0.15, 0.2) is 0 Å². The van der Waals surface area contributed by atoms with Crippen LogP contribution in [0.15, 0.2) is 24.3 Å². The highest BCUT2D eigenvalue weighted by molar-refractivity contribution is 5.94. The second-order valence-electron chi connectivity index (χ2n) is 3.02. The van der Waals surface area contributed by atoms with Gasteiger partial charge < -0.3 is 15.4 Å². The third kappa shape index (κ3) is 4.55. The van der Waals surface area contributed by atoms with Gasteiger partial charge in [0.1, 0.15) is 5.75 Å². The summed E-state index contributed by atoms with van der Waals surface area (Å²) >= 11 is 0. The fourth-order valence-corrected chi connectivity index (χ4v) is 1.10. The van der Waals surface area contributed by atoms with Gasteiger partial charge in [0.05, 0.1) is 0 Å². The summed E-state index contributed by atoms with van der Waals surface area (Å²) in [6.07, 6.45) is -0.536. The van der Waals surface area contributed by atoms with Crippen molar-refractivity contribution in [2.45, 2.75) is 14.4 Å². The minimum Gasteiger partial charge on any atom is -0.410 e. The van der Waals surface area contributed by atoms with E-state index in [1.54, 1.807) is 24.3 Å². The van der Waals surface area contributed by atoms with E-state index in [2.05, 4.69) is 10.6 Å². The van der Waals surface area contributed by atoms with Crippen LogP contribution < -0.4 is 15.4 Å². The summed E-state index contributed by atoms with van der Waals surface area (Å²) in [4.78, 5) is 22.3. The number of amides is 2. The van der Waals surface area contributed by atoms with Gasteiger partial charge in [-0.3, -0.25) is 4.79 Å². The van der Waals surface area contributed by atoms with Gasteiger partial charge in [0.2, 0.25) is 0 Å². The maximum Gasteiger partial charge on any atom is 0.412 e. The lowest BCUT2D eigenvalue weighted by atomic mass is 10.2. The summed E-state index contributed by atoms with van der Waals surface area (Å²) in [5, 5.41) is 5.00. The largest absolute Gasteiger partial charge is 0.412 e. The van der Waals surface area contributed by atoms with Crippen molar-refractivity contribution in [1.82, 2.24) is 10.6 Å². The third-order valence-electron chi connectivity index (χ3n) is 1.87. The van der Waals surface area contributed by atoms with E-state index in [0.29, 0.717) is 17.9 Å². The smallest absolute Gasteiger partial charge is 0.410 e. The Morgan fingerprint density at radius 3 is 2.29 bits per heavy atom. The lowest BCUT2D eigenvalue weighted by Crippen LogP contribution is -2.23. The topological polar surface area (TPSA) is 67.4 Å². The van der Waals surface area contributed by atoms with E-state index in [9.17, 15) is 9.59 Å². The second kappa shape index (κ2) is 7.27. The van der Waals surface area contributed by atoms with E-state index >= 15 is 0 Å². The van der Waals surface area contributed by atoms with Crippen LogP contribution in [0.2, 0.25) is 0 Å². The molecule has 94 valence electrons. The average molecular weight is 238 g/mol. The summed E-state index contributed by atoms with van der Waals surface area (Å²) in [5.41, 5.74) is 0.533. The molecule has 2 amide bonds. The Morgan fingerprint density at radius 1 is 1.24 bits per heavy atom. The molecule has 17 heavy (non-hydrogen) atoms. The molecule has 0 aliphatic rings. The predicted octanol–water partition coefficient (Wildman–Crippen LogP) is 1.79. The minimum absolute atomic E-state index is 0. The van der Waals surface area contributed by atoms with Crippen LogP contribution >= 0.6 is 0 Å². The standard InChI is InChI=1S/C11H14N2O3.CH4/c1-3-13-10(14)8-4-6-9(7-5-8)16-11(15)12-2;/h4-7H,3H2,1-2H3,(H,12,15)(H,13,14);1H4. The quantitative estimate of drug-likeness (QED) is 0.843. The van der Waals surface area contributed by atoms with Gasteiger partial charge in [0.25, 0.3) is 5.91 Å². The maximum atomic E-state index is 11.4. The van der Waals surface area contributed by atoms with Crippen LogP contribution in [0.3, 0.4) is 0 Å². The van der Waals surface area contributed by atoms with E-state index in [1.807, 2.05) is 6.92 Å². The Bertz CT molecular complexity index is 374. The zero-order valence-corrected chi connectivity index (χ0v) is 9.24. The fraction of sp³-hybridized carbons (Fsp3) is 0.333. The Kier molecular flexibility index (Phi) is 6.40. The third-order valence-corrected chi connectivity index (χ3v) is 1.87. The van der Waals surface area contributed by atoms with Gasteiger partial charge in [-0.2, -0.15) is 0 Å². The lowest BCUT2D eigenvalue weighted by molar-refractivity contribution is 0.0956. The van der Waals surface area contributed by atoms with Crippen LogP contribution in [-0.2, 0) is 0 Å². The predicted molar refractivity (Wildman–Crippen MR) is 66.3 cm³/mol. The summed E-state index contributed by atoms with van der Waals surface area (Å²) in [5.74, 6) is 0.251. The normalized spacial score (nSPS) is 8.82. The van der Waals surface area contributed by atoms with Crippen LogP contribution in [0.25, 0.3) is 0 Å². The molecule has 0 heterocycles. The zero-order valence-electron chi connectivity index (χ0n) is 9.24. The van der Waals surface area contributed by atoms with Crippen molar-refractivity contribution < 1.29 is 14.3 Å². The monoisotopic (exact) mass is 238 g/mol. The Labute approximate surface area is 101 Å². The van der Waals surface area contributed by atoms with E-state index in [-0.39, 0.29) is 13.3 Å². The molecule has 5 heteroatoms. The number of nitrogens with one attached hydrogen (secondary N) is 2. The first-order valence-corrected chi connectivity index (χ1v) is 4.95. The van der Waals surface area contributed by atoms with Gasteiger partial charge in [-0.1, -0.05) is 7.43 Å². The van der Waals surface area contributed by atoms with Gasteiger partial charge in [-0.15, -0.1) is 0 Å². The Balaban J connectivity index is 0.00000256. The molecule has 0 radical (unpaired) electrons. The Morgan fingerprint density at radius 2 is 1.82 bits per heavy atom. The van der Waals surface area contributed by atoms with Crippen molar-refractivity contribution in [3.05, 3.63) is 29.8 Å². The van der Waals surface area contributed by atoms with Crippen molar-refractivity contribution in [3.8, 4) is 5.75 Å². The molecule has 0 aromatic heterocycles. The number of ether oxygens (including phenoxy) is 1. The van der Waals surface area contributed by atoms with Gasteiger partial charge in [-0.05, 0) is 31.2 Å². The van der Waals surface area contributed by atoms with E-state index < -0.39 is 6.09 Å². The molecule has 1 aromatic rings. The molecule has 0 fully saturated rings. The van der Waals surface area contributed by atoms with Gasteiger partial charge in [-0.25, -0.2) is 4.79 Å². The van der Waals surface area contributed by atoms with Crippen molar-refractivity contribution in [3.63, 3.8) is 0 Å². The molecule has 0 atom stereocenters. The van der Waals surface area contributed by atoms with Crippen LogP contribution in [0.4, 0.5) is 4.79 Å². The van der Waals surface area contributed by atoms with Crippen LogP contribution in [-0.4, -0.2) is 25.6 Å². The van der Waals surface area contributed by atoms with E-state index in [1.165, 1.54) is 7.05 Å². The Hall–Kier alpha value is -2.04. The second-order valence-corrected chi connectivity index (χ2v) is 3.02. The SMILES string of the molecule is C.CCNC(=O)c1ccc(OC(=O)NC)cc1. The molecule has 1 aromatic carbocycles. The van der Waals surface area contributed by atoms with Crippen molar-refractivity contribution in [2.75, 3.05) is 13.6 Å². The van der Waals surface area contributed by atoms with Gasteiger partial charge >= 0.3 is 6.09 Å². The van der Waals surface area contributed by atoms with Crippen LogP contribution in [0, 0.1) is 0 Å². The van der Waals surface area contributed by atoms with Crippen LogP contribution in [0.1, 0.15) is 24.7 Å². The zero-order chi connectivity index (χ0) is 12.0. The van der Waals surface area contributed by atoms with Gasteiger partial charge in [0, 0.05) is 19.2 Å². The number of carbonyl (C=O) groups is 2. The van der Waals surface area contributed by atoms with E-state index in [4.69, 9.17) is 4.74 Å². The molecule has 0 saturated carbocycles. The van der Waals surface area contributed by atoms with Crippen molar-refractivity contribution >= 4 is 12.0 Å². The first-order valence-electron chi connectivity index (χ1n) is 4.95. The van der Waals surface area contributed by atoms with Crippen LogP contribution in [0.5, 0.6) is 5.75 Å². The highest BCUT2D eigenvalue weighted by Crippen LogP contribution is 2.12. The first kappa shape index (κ1) is 15.0. The molecule has 0 bridgehead atoms. The molecular weight excluding hydrogens is 220 g/mol. The summed E-state index contributed by atoms with van der Waals surface area (Å²) in [6, 6.07) is 6.34. The number of carbonyl (C=O) groups excluding carboxylic acids is 2. The lowest BCUT2D eigenvalue weighted by Gasteiger charge is -2.05. The molecule has 0 aliphatic carbocycles. The van der Waals surface area contributed by atoms with Crippen molar-refractivity contribution in [2.24, 2.45) is 0 Å². The number of rotatable bonds is 3. The summed E-state index contributed by atoms with van der Waals surface area (Å²) in [7, 11) is 1.48. The molecule has 0 saturated heterocycles. The number of hydrogen-bond acceptors (Lipinski definition) is 3. The van der Waals surface area contributed by atoms with E-state index in [0.717, 1.165) is 0 Å². The summed E-state index contributed by atoms with van der Waals surface area (Å²) < 4.78 is 4.88.